The Hall–Kier alpha value is -4.38. The lowest BCUT2D eigenvalue weighted by Crippen LogP contribution is -2.19. The van der Waals surface area contributed by atoms with Gasteiger partial charge in [0, 0.05) is 36.0 Å². The lowest BCUT2D eigenvalue weighted by molar-refractivity contribution is -0.117. The number of carbonyl (C=O) groups is 1. The summed E-state index contributed by atoms with van der Waals surface area (Å²) in [6, 6.07) is 17.7. The maximum atomic E-state index is 13.5. The number of methoxy groups -OCH3 is 1. The summed E-state index contributed by atoms with van der Waals surface area (Å²) in [5.41, 5.74) is 1.86. The van der Waals surface area contributed by atoms with Crippen molar-refractivity contribution in [2.45, 2.75) is 43.4 Å². The van der Waals surface area contributed by atoms with Crippen molar-refractivity contribution in [2.24, 2.45) is 5.92 Å². The van der Waals surface area contributed by atoms with Crippen LogP contribution in [0.3, 0.4) is 0 Å². The summed E-state index contributed by atoms with van der Waals surface area (Å²) in [6.07, 6.45) is 6.02. The Kier molecular flexibility index (Phi) is 8.01. The fourth-order valence-corrected chi connectivity index (χ4v) is 5.92. The number of nitrogens with zero attached hydrogens (tertiary/aromatic N) is 2. The number of amides is 1. The number of phenols is 1. The van der Waals surface area contributed by atoms with E-state index in [-0.39, 0.29) is 28.2 Å². The van der Waals surface area contributed by atoms with Crippen LogP contribution < -0.4 is 20.1 Å². The second-order valence-electron chi connectivity index (χ2n) is 9.84. The fourth-order valence-electron chi connectivity index (χ4n) is 4.86. The second-order valence-corrected chi connectivity index (χ2v) is 11.5. The van der Waals surface area contributed by atoms with E-state index in [9.17, 15) is 18.3 Å². The predicted octanol–water partition coefficient (Wildman–Crippen LogP) is 5.80. The Morgan fingerprint density at radius 3 is 2.38 bits per heavy atom. The summed E-state index contributed by atoms with van der Waals surface area (Å²) in [5.74, 6) is 0.703. The summed E-state index contributed by atoms with van der Waals surface area (Å²) >= 11 is 0. The number of carbonyl (C=O) groups excluding carboxylic acids is 1. The van der Waals surface area contributed by atoms with Gasteiger partial charge in [-0.25, -0.2) is 18.4 Å². The van der Waals surface area contributed by atoms with Crippen molar-refractivity contribution in [2.75, 3.05) is 22.5 Å². The number of anilines is 4. The summed E-state index contributed by atoms with van der Waals surface area (Å²) in [4.78, 5) is 21.6. The Morgan fingerprint density at radius 2 is 1.65 bits per heavy atom. The molecule has 40 heavy (non-hydrogen) atoms. The van der Waals surface area contributed by atoms with E-state index in [1.165, 1.54) is 37.8 Å². The van der Waals surface area contributed by atoms with Crippen LogP contribution in [0.1, 0.15) is 38.5 Å². The van der Waals surface area contributed by atoms with E-state index >= 15 is 0 Å². The molecule has 4 aromatic rings. The van der Waals surface area contributed by atoms with Crippen molar-refractivity contribution in [3.8, 4) is 11.5 Å². The van der Waals surface area contributed by atoms with E-state index < -0.39 is 10.0 Å². The highest BCUT2D eigenvalue weighted by Gasteiger charge is 2.21. The molecule has 3 aromatic carbocycles. The van der Waals surface area contributed by atoms with E-state index in [0.717, 1.165) is 25.7 Å². The minimum Gasteiger partial charge on any atom is -0.508 e. The van der Waals surface area contributed by atoms with Gasteiger partial charge in [0.05, 0.1) is 23.0 Å². The number of hydrogen-bond donors (Lipinski definition) is 4. The van der Waals surface area contributed by atoms with E-state index in [1.807, 2.05) is 0 Å². The van der Waals surface area contributed by atoms with Crippen molar-refractivity contribution in [3.63, 3.8) is 0 Å². The van der Waals surface area contributed by atoms with Gasteiger partial charge in [-0.1, -0.05) is 37.5 Å². The number of aromatic hydroxyl groups is 1. The van der Waals surface area contributed by atoms with E-state index in [0.29, 0.717) is 40.5 Å². The number of fused-ring (bicyclic) bond motifs is 1. The summed E-state index contributed by atoms with van der Waals surface area (Å²) < 4.78 is 34.7. The van der Waals surface area contributed by atoms with Gasteiger partial charge < -0.3 is 20.5 Å². The van der Waals surface area contributed by atoms with Gasteiger partial charge in [0.1, 0.15) is 11.5 Å². The molecule has 1 aromatic heterocycles. The van der Waals surface area contributed by atoms with Crippen LogP contribution in [0.25, 0.3) is 11.0 Å². The molecular formula is C29H31N5O5S. The molecule has 11 heteroatoms. The first-order valence-corrected chi connectivity index (χ1v) is 14.6. The number of aromatic nitrogens is 2. The van der Waals surface area contributed by atoms with Crippen LogP contribution >= 0.6 is 0 Å². The molecule has 10 nitrogen and oxygen atoms in total. The highest BCUT2D eigenvalue weighted by molar-refractivity contribution is 7.92. The zero-order valence-corrected chi connectivity index (χ0v) is 22.9. The number of phenolic OH excluding ortho intramolecular Hbond substituents is 1. The highest BCUT2D eigenvalue weighted by Crippen LogP contribution is 2.31. The second kappa shape index (κ2) is 11.8. The first-order chi connectivity index (χ1) is 19.3. The van der Waals surface area contributed by atoms with Crippen LogP contribution in [0.2, 0.25) is 0 Å². The predicted molar refractivity (Wildman–Crippen MR) is 155 cm³/mol. The molecule has 4 N–H and O–H groups in total. The quantitative estimate of drug-likeness (QED) is 0.201. The molecule has 0 radical (unpaired) electrons. The Morgan fingerprint density at radius 1 is 0.925 bits per heavy atom. The van der Waals surface area contributed by atoms with Gasteiger partial charge in [-0.2, -0.15) is 0 Å². The smallest absolute Gasteiger partial charge is 0.263 e. The van der Waals surface area contributed by atoms with Crippen LogP contribution in [-0.4, -0.2) is 36.5 Å². The molecule has 1 heterocycles. The molecular weight excluding hydrogens is 530 g/mol. The number of para-hydroxylation sites is 2. The monoisotopic (exact) mass is 561 g/mol. The molecule has 0 atom stereocenters. The topological polar surface area (TPSA) is 143 Å². The maximum absolute atomic E-state index is 13.5. The SMILES string of the molecule is COc1cc(O)cc(Nc2nc3ccccc3nc2NS(=O)(=O)c2cccc(NC(=O)CC3CCCCC3)c2)c1. The Balaban J connectivity index is 1.41. The average molecular weight is 562 g/mol. The summed E-state index contributed by atoms with van der Waals surface area (Å²) in [5, 5.41) is 15.9. The first-order valence-electron chi connectivity index (χ1n) is 13.1. The minimum atomic E-state index is -4.12. The molecule has 5 rings (SSSR count). The number of sulfonamides is 1. The Bertz CT molecular complexity index is 1640. The highest BCUT2D eigenvalue weighted by atomic mass is 32.2. The van der Waals surface area contributed by atoms with Crippen molar-refractivity contribution >= 4 is 50.0 Å². The largest absolute Gasteiger partial charge is 0.508 e. The number of benzene rings is 3. The molecule has 1 saturated carbocycles. The van der Waals surface area contributed by atoms with E-state index in [2.05, 4.69) is 25.3 Å². The van der Waals surface area contributed by atoms with Gasteiger partial charge in [-0.15, -0.1) is 0 Å². The summed E-state index contributed by atoms with van der Waals surface area (Å²) in [7, 11) is -2.65. The molecule has 0 unspecified atom stereocenters. The van der Waals surface area contributed by atoms with Crippen molar-refractivity contribution in [3.05, 3.63) is 66.7 Å². The van der Waals surface area contributed by atoms with Crippen LogP contribution in [0, 0.1) is 5.92 Å². The average Bonchev–Trinajstić information content (AvgIpc) is 2.93. The van der Waals surface area contributed by atoms with Gasteiger partial charge >= 0.3 is 0 Å². The van der Waals surface area contributed by atoms with Gasteiger partial charge in [-0.05, 0) is 49.1 Å². The molecule has 0 aliphatic heterocycles. The standard InChI is InChI=1S/C29H31N5O5S/c1-39-23-16-21(15-22(35)18-23)31-28-29(33-26-13-6-5-12-25(26)32-28)34-40(37,38)24-11-7-10-20(17-24)30-27(36)14-19-8-3-2-4-9-19/h5-7,10-13,15-19,35H,2-4,8-9,14H2,1H3,(H,30,36)(H,31,32)(H,33,34). The van der Waals surface area contributed by atoms with Gasteiger partial charge in [-0.3, -0.25) is 9.52 Å². The third-order valence-corrected chi connectivity index (χ3v) is 8.15. The molecule has 208 valence electrons. The zero-order chi connectivity index (χ0) is 28.1. The molecule has 1 fully saturated rings. The molecule has 1 amide bonds. The zero-order valence-electron chi connectivity index (χ0n) is 22.1. The van der Waals surface area contributed by atoms with Crippen molar-refractivity contribution in [1.82, 2.24) is 9.97 Å². The van der Waals surface area contributed by atoms with Crippen LogP contribution in [0.4, 0.5) is 23.0 Å². The lowest BCUT2D eigenvalue weighted by atomic mass is 9.87. The lowest BCUT2D eigenvalue weighted by Gasteiger charge is -2.20. The first kappa shape index (κ1) is 27.2. The van der Waals surface area contributed by atoms with Gasteiger partial charge in [0.25, 0.3) is 10.0 Å². The normalized spacial score (nSPS) is 14.0. The fraction of sp³-hybridized carbons (Fsp3) is 0.276. The van der Waals surface area contributed by atoms with E-state index in [1.54, 1.807) is 42.5 Å². The number of nitrogens with one attached hydrogen (secondary N) is 3. The van der Waals surface area contributed by atoms with Crippen molar-refractivity contribution in [1.29, 1.82) is 0 Å². The van der Waals surface area contributed by atoms with E-state index in [4.69, 9.17) is 4.74 Å². The molecule has 0 bridgehead atoms. The van der Waals surface area contributed by atoms with Crippen LogP contribution in [0.5, 0.6) is 11.5 Å². The minimum absolute atomic E-state index is 0.0345. The molecule has 0 saturated heterocycles. The molecule has 1 aliphatic rings. The van der Waals surface area contributed by atoms with Gasteiger partial charge in [0.15, 0.2) is 11.6 Å². The van der Waals surface area contributed by atoms with Crippen LogP contribution in [0.15, 0.2) is 71.6 Å². The third-order valence-electron chi connectivity index (χ3n) is 6.82. The number of ether oxygens (including phenoxy) is 1. The number of rotatable bonds is 9. The maximum Gasteiger partial charge on any atom is 0.263 e. The summed E-state index contributed by atoms with van der Waals surface area (Å²) in [6.45, 7) is 0. The Labute approximate surface area is 232 Å². The third kappa shape index (κ3) is 6.60. The van der Waals surface area contributed by atoms with Crippen molar-refractivity contribution < 1.29 is 23.1 Å². The van der Waals surface area contributed by atoms with Crippen LogP contribution in [-0.2, 0) is 14.8 Å². The number of hydrogen-bond acceptors (Lipinski definition) is 8. The van der Waals surface area contributed by atoms with Gasteiger partial charge in [0.2, 0.25) is 5.91 Å². The molecule has 1 aliphatic carbocycles. The molecule has 0 spiro atoms.